The third-order valence-electron chi connectivity index (χ3n) is 2.49. The van der Waals surface area contributed by atoms with Gasteiger partial charge in [0, 0.05) is 22.2 Å². The van der Waals surface area contributed by atoms with Crippen molar-refractivity contribution in [3.63, 3.8) is 0 Å². The molecule has 0 aliphatic carbocycles. The molecule has 1 nitrogen and oxygen atoms in total. The molecule has 1 unspecified atom stereocenters. The zero-order valence-corrected chi connectivity index (χ0v) is 11.5. The van der Waals surface area contributed by atoms with Crippen LogP contribution in [-0.2, 0) is 12.8 Å². The molecule has 0 bridgehead atoms. The SMILES string of the molecule is OC(Cc1cccs1)Cc1ccc(Br)cc1F. The maximum Gasteiger partial charge on any atom is 0.127 e. The molecular formula is C13H12BrFOS. The fourth-order valence-corrected chi connectivity index (χ4v) is 2.79. The van der Waals surface area contributed by atoms with Gasteiger partial charge in [0.1, 0.15) is 5.82 Å². The van der Waals surface area contributed by atoms with E-state index in [0.717, 1.165) is 4.88 Å². The van der Waals surface area contributed by atoms with Gasteiger partial charge < -0.3 is 5.11 Å². The van der Waals surface area contributed by atoms with E-state index in [9.17, 15) is 9.50 Å². The Bertz CT molecular complexity index is 484. The predicted molar refractivity (Wildman–Crippen MR) is 71.8 cm³/mol. The monoisotopic (exact) mass is 314 g/mol. The lowest BCUT2D eigenvalue weighted by molar-refractivity contribution is 0.175. The fraction of sp³-hybridized carbons (Fsp3) is 0.231. The van der Waals surface area contributed by atoms with E-state index in [1.807, 2.05) is 17.5 Å². The molecule has 1 aromatic heterocycles. The van der Waals surface area contributed by atoms with Crippen LogP contribution in [0.4, 0.5) is 4.39 Å². The summed E-state index contributed by atoms with van der Waals surface area (Å²) in [5.41, 5.74) is 0.553. The number of aliphatic hydroxyl groups excluding tert-OH is 1. The molecule has 2 rings (SSSR count). The van der Waals surface area contributed by atoms with Crippen LogP contribution in [-0.4, -0.2) is 11.2 Å². The summed E-state index contributed by atoms with van der Waals surface area (Å²) in [4.78, 5) is 1.12. The Morgan fingerprint density at radius 3 is 2.76 bits per heavy atom. The molecule has 0 fully saturated rings. The van der Waals surface area contributed by atoms with Crippen LogP contribution in [0.2, 0.25) is 0 Å². The minimum absolute atomic E-state index is 0.274. The highest BCUT2D eigenvalue weighted by Gasteiger charge is 2.11. The normalized spacial score (nSPS) is 12.6. The minimum atomic E-state index is -0.538. The zero-order chi connectivity index (χ0) is 12.3. The van der Waals surface area contributed by atoms with Gasteiger partial charge in [-0.05, 0) is 29.1 Å². The lowest BCUT2D eigenvalue weighted by Gasteiger charge is -2.10. The summed E-state index contributed by atoms with van der Waals surface area (Å²) in [7, 11) is 0. The quantitative estimate of drug-likeness (QED) is 0.910. The Balaban J connectivity index is 2.00. The van der Waals surface area contributed by atoms with E-state index >= 15 is 0 Å². The molecule has 2 aromatic rings. The van der Waals surface area contributed by atoms with Gasteiger partial charge in [-0.25, -0.2) is 4.39 Å². The molecule has 0 amide bonds. The smallest absolute Gasteiger partial charge is 0.127 e. The van der Waals surface area contributed by atoms with Gasteiger partial charge in [0.05, 0.1) is 6.10 Å². The average Bonchev–Trinajstić information content (AvgIpc) is 2.75. The van der Waals surface area contributed by atoms with Gasteiger partial charge in [-0.1, -0.05) is 28.1 Å². The summed E-state index contributed by atoms with van der Waals surface area (Å²) in [5, 5.41) is 11.9. The average molecular weight is 315 g/mol. The van der Waals surface area contributed by atoms with Gasteiger partial charge >= 0.3 is 0 Å². The van der Waals surface area contributed by atoms with Crippen LogP contribution in [0.3, 0.4) is 0 Å². The second kappa shape index (κ2) is 5.76. The molecule has 17 heavy (non-hydrogen) atoms. The van der Waals surface area contributed by atoms with Crippen LogP contribution in [0.5, 0.6) is 0 Å². The van der Waals surface area contributed by atoms with Gasteiger partial charge in [-0.3, -0.25) is 0 Å². The molecule has 0 radical (unpaired) electrons. The predicted octanol–water partition coefficient (Wildman–Crippen LogP) is 3.80. The van der Waals surface area contributed by atoms with Crippen molar-refractivity contribution in [2.24, 2.45) is 0 Å². The van der Waals surface area contributed by atoms with E-state index in [2.05, 4.69) is 15.9 Å². The van der Waals surface area contributed by atoms with Crippen LogP contribution < -0.4 is 0 Å². The summed E-state index contributed by atoms with van der Waals surface area (Å²) in [6, 6.07) is 8.85. The summed E-state index contributed by atoms with van der Waals surface area (Å²) in [6.45, 7) is 0. The van der Waals surface area contributed by atoms with Crippen LogP contribution in [0.1, 0.15) is 10.4 Å². The standard InChI is InChI=1S/C13H12BrFOS/c14-10-4-3-9(13(15)7-10)6-11(16)8-12-2-1-5-17-12/h1-5,7,11,16H,6,8H2. The van der Waals surface area contributed by atoms with E-state index in [4.69, 9.17) is 0 Å². The second-order valence-corrected chi connectivity index (χ2v) is 5.83. The first-order chi connectivity index (χ1) is 8.15. The number of aliphatic hydroxyl groups is 1. The maximum absolute atomic E-state index is 13.6. The second-order valence-electron chi connectivity index (χ2n) is 3.88. The molecule has 0 saturated heterocycles. The third kappa shape index (κ3) is 3.63. The highest BCUT2D eigenvalue weighted by molar-refractivity contribution is 9.10. The Morgan fingerprint density at radius 2 is 2.12 bits per heavy atom. The number of hydrogen-bond donors (Lipinski definition) is 1. The molecule has 1 heterocycles. The van der Waals surface area contributed by atoms with Gasteiger partial charge in [-0.2, -0.15) is 0 Å². The third-order valence-corrected chi connectivity index (χ3v) is 3.88. The van der Waals surface area contributed by atoms with Crippen LogP contribution in [0.15, 0.2) is 40.2 Å². The summed E-state index contributed by atoms with van der Waals surface area (Å²) in [5.74, 6) is -0.274. The van der Waals surface area contributed by atoms with Gasteiger partial charge in [-0.15, -0.1) is 11.3 Å². The summed E-state index contributed by atoms with van der Waals surface area (Å²) < 4.78 is 14.3. The van der Waals surface area contributed by atoms with E-state index in [1.165, 1.54) is 6.07 Å². The largest absolute Gasteiger partial charge is 0.392 e. The molecular weight excluding hydrogens is 303 g/mol. The lowest BCUT2D eigenvalue weighted by Crippen LogP contribution is -2.14. The maximum atomic E-state index is 13.6. The number of thiophene rings is 1. The molecule has 0 aliphatic heterocycles. The summed E-state index contributed by atoms with van der Waals surface area (Å²) >= 11 is 4.82. The van der Waals surface area contributed by atoms with Crippen molar-refractivity contribution in [1.82, 2.24) is 0 Å². The van der Waals surface area contributed by atoms with Crippen LogP contribution >= 0.6 is 27.3 Å². The highest BCUT2D eigenvalue weighted by Crippen LogP contribution is 2.18. The van der Waals surface area contributed by atoms with Gasteiger partial charge in [0.15, 0.2) is 0 Å². The molecule has 1 atom stereocenters. The van der Waals surface area contributed by atoms with Crippen LogP contribution in [0.25, 0.3) is 0 Å². The highest BCUT2D eigenvalue weighted by atomic mass is 79.9. The van der Waals surface area contributed by atoms with Crippen LogP contribution in [0, 0.1) is 5.82 Å². The molecule has 0 saturated carbocycles. The van der Waals surface area contributed by atoms with E-state index in [1.54, 1.807) is 23.5 Å². The van der Waals surface area contributed by atoms with Crippen molar-refractivity contribution in [3.8, 4) is 0 Å². The van der Waals surface area contributed by atoms with E-state index < -0.39 is 6.10 Å². The van der Waals surface area contributed by atoms with Crippen molar-refractivity contribution in [2.75, 3.05) is 0 Å². The molecule has 1 aromatic carbocycles. The minimum Gasteiger partial charge on any atom is -0.392 e. The van der Waals surface area contributed by atoms with Crippen molar-refractivity contribution in [3.05, 3.63) is 56.4 Å². The molecule has 4 heteroatoms. The van der Waals surface area contributed by atoms with Crippen molar-refractivity contribution in [2.45, 2.75) is 18.9 Å². The van der Waals surface area contributed by atoms with Crippen molar-refractivity contribution >= 4 is 27.3 Å². The Labute approximate surface area is 112 Å². The van der Waals surface area contributed by atoms with Crippen molar-refractivity contribution in [1.29, 1.82) is 0 Å². The number of hydrogen-bond acceptors (Lipinski definition) is 2. The lowest BCUT2D eigenvalue weighted by atomic mass is 10.0. The van der Waals surface area contributed by atoms with E-state index in [0.29, 0.717) is 22.9 Å². The number of halogens is 2. The topological polar surface area (TPSA) is 20.2 Å². The first kappa shape index (κ1) is 12.7. The molecule has 0 aliphatic rings. The number of benzene rings is 1. The zero-order valence-electron chi connectivity index (χ0n) is 9.07. The Hall–Kier alpha value is -0.710. The van der Waals surface area contributed by atoms with Crippen molar-refractivity contribution < 1.29 is 9.50 Å². The van der Waals surface area contributed by atoms with Gasteiger partial charge in [0.2, 0.25) is 0 Å². The first-order valence-electron chi connectivity index (χ1n) is 5.29. The molecule has 1 N–H and O–H groups in total. The number of rotatable bonds is 4. The van der Waals surface area contributed by atoms with E-state index in [-0.39, 0.29) is 5.82 Å². The summed E-state index contributed by atoms with van der Waals surface area (Å²) in [6.07, 6.45) is 0.383. The first-order valence-corrected chi connectivity index (χ1v) is 6.97. The molecule has 0 spiro atoms. The molecule has 90 valence electrons. The fourth-order valence-electron chi connectivity index (χ4n) is 1.67. The Kier molecular flexibility index (Phi) is 4.31. The van der Waals surface area contributed by atoms with Gasteiger partial charge in [0.25, 0.3) is 0 Å². The Morgan fingerprint density at radius 1 is 1.29 bits per heavy atom.